The van der Waals surface area contributed by atoms with Gasteiger partial charge in [-0.3, -0.25) is 9.59 Å². The first-order valence-electron chi connectivity index (χ1n) is 7.70. The summed E-state index contributed by atoms with van der Waals surface area (Å²) in [5.74, 6) is -0.396. The first-order valence-corrected chi connectivity index (χ1v) is 9.33. The lowest BCUT2D eigenvalue weighted by molar-refractivity contribution is -0.115. The van der Waals surface area contributed by atoms with Crippen molar-refractivity contribution >= 4 is 57.7 Å². The van der Waals surface area contributed by atoms with Crippen molar-refractivity contribution < 1.29 is 9.59 Å². The fourth-order valence-electron chi connectivity index (χ4n) is 2.32. The van der Waals surface area contributed by atoms with Crippen LogP contribution in [0.5, 0.6) is 0 Å². The van der Waals surface area contributed by atoms with E-state index in [1.807, 2.05) is 11.4 Å². The van der Waals surface area contributed by atoms with Crippen LogP contribution in [-0.2, 0) is 11.2 Å². The van der Waals surface area contributed by atoms with Crippen molar-refractivity contribution in [1.29, 1.82) is 0 Å². The van der Waals surface area contributed by atoms with E-state index in [2.05, 4.69) is 10.6 Å². The maximum absolute atomic E-state index is 12.3. The Bertz CT molecular complexity index is 942. The van der Waals surface area contributed by atoms with E-state index in [-0.39, 0.29) is 18.2 Å². The molecule has 0 bridgehead atoms. The number of hydrogen-bond donors (Lipinski definition) is 2. The maximum Gasteiger partial charge on any atom is 0.265 e. The van der Waals surface area contributed by atoms with Crippen molar-refractivity contribution in [3.63, 3.8) is 0 Å². The number of carbonyl (C=O) groups excluding carboxylic acids is 2. The van der Waals surface area contributed by atoms with Crippen molar-refractivity contribution in [2.45, 2.75) is 6.42 Å². The zero-order chi connectivity index (χ0) is 18.5. The normalized spacial score (nSPS) is 10.4. The van der Waals surface area contributed by atoms with E-state index in [1.165, 1.54) is 11.3 Å². The largest absolute Gasteiger partial charge is 0.326 e. The molecule has 26 heavy (non-hydrogen) atoms. The SMILES string of the molecule is O=C(Cc1ccc(Cl)cc1Cl)Nc1cccc(NC(=O)c2cccs2)c1. The summed E-state index contributed by atoms with van der Waals surface area (Å²) in [6, 6.07) is 15.6. The molecule has 0 saturated carbocycles. The maximum atomic E-state index is 12.3. The number of amides is 2. The number of thiophene rings is 1. The van der Waals surface area contributed by atoms with Crippen LogP contribution in [0.2, 0.25) is 10.0 Å². The molecular formula is C19H14Cl2N2O2S. The summed E-state index contributed by atoms with van der Waals surface area (Å²) in [6.07, 6.45) is 0.127. The smallest absolute Gasteiger partial charge is 0.265 e. The minimum absolute atomic E-state index is 0.127. The predicted octanol–water partition coefficient (Wildman–Crippen LogP) is 5.49. The third kappa shape index (κ3) is 4.85. The summed E-state index contributed by atoms with van der Waals surface area (Å²) < 4.78 is 0. The van der Waals surface area contributed by atoms with Crippen LogP contribution in [0.4, 0.5) is 11.4 Å². The number of nitrogens with one attached hydrogen (secondary N) is 2. The van der Waals surface area contributed by atoms with Crippen LogP contribution in [0.25, 0.3) is 0 Å². The Kier molecular flexibility index (Phi) is 5.93. The molecule has 2 amide bonds. The van der Waals surface area contributed by atoms with Crippen molar-refractivity contribution in [2.75, 3.05) is 10.6 Å². The van der Waals surface area contributed by atoms with Gasteiger partial charge in [0.1, 0.15) is 0 Å². The van der Waals surface area contributed by atoms with Crippen molar-refractivity contribution in [1.82, 2.24) is 0 Å². The van der Waals surface area contributed by atoms with Gasteiger partial charge in [-0.15, -0.1) is 11.3 Å². The van der Waals surface area contributed by atoms with E-state index in [1.54, 1.807) is 48.5 Å². The summed E-state index contributed by atoms with van der Waals surface area (Å²) in [5, 5.41) is 8.42. The molecule has 0 unspecified atom stereocenters. The molecular weight excluding hydrogens is 391 g/mol. The third-order valence-electron chi connectivity index (χ3n) is 3.52. The minimum atomic E-state index is -0.212. The number of benzene rings is 2. The first-order chi connectivity index (χ1) is 12.5. The molecule has 0 aliphatic heterocycles. The molecule has 3 aromatic rings. The van der Waals surface area contributed by atoms with Gasteiger partial charge in [0, 0.05) is 21.4 Å². The van der Waals surface area contributed by atoms with Gasteiger partial charge in [-0.05, 0) is 47.3 Å². The number of hydrogen-bond acceptors (Lipinski definition) is 3. The Morgan fingerprint density at radius 3 is 2.38 bits per heavy atom. The molecule has 0 radical (unpaired) electrons. The zero-order valence-electron chi connectivity index (χ0n) is 13.5. The monoisotopic (exact) mass is 404 g/mol. The number of carbonyl (C=O) groups is 2. The average Bonchev–Trinajstić information content (AvgIpc) is 3.12. The summed E-state index contributed by atoms with van der Waals surface area (Å²) in [5.41, 5.74) is 1.88. The van der Waals surface area contributed by atoms with Crippen LogP contribution < -0.4 is 10.6 Å². The zero-order valence-corrected chi connectivity index (χ0v) is 15.8. The molecule has 0 aliphatic rings. The lowest BCUT2D eigenvalue weighted by Crippen LogP contribution is -2.15. The minimum Gasteiger partial charge on any atom is -0.326 e. The quantitative estimate of drug-likeness (QED) is 0.590. The number of anilines is 2. The molecule has 132 valence electrons. The average molecular weight is 405 g/mol. The van der Waals surface area contributed by atoms with E-state index in [9.17, 15) is 9.59 Å². The predicted molar refractivity (Wildman–Crippen MR) is 108 cm³/mol. The highest BCUT2D eigenvalue weighted by molar-refractivity contribution is 7.12. The second kappa shape index (κ2) is 8.36. The highest BCUT2D eigenvalue weighted by atomic mass is 35.5. The molecule has 2 aromatic carbocycles. The molecule has 7 heteroatoms. The molecule has 0 fully saturated rings. The summed E-state index contributed by atoms with van der Waals surface area (Å²) in [4.78, 5) is 25.0. The standard InChI is InChI=1S/C19H14Cl2N2O2S/c20-13-7-6-12(16(21)10-13)9-18(24)22-14-3-1-4-15(11-14)23-19(25)17-5-2-8-26-17/h1-8,10-11H,9H2,(H,22,24)(H,23,25). The van der Waals surface area contributed by atoms with E-state index < -0.39 is 0 Å². The van der Waals surface area contributed by atoms with Gasteiger partial charge in [-0.25, -0.2) is 0 Å². The fraction of sp³-hybridized carbons (Fsp3) is 0.0526. The molecule has 4 nitrogen and oxygen atoms in total. The molecule has 2 N–H and O–H groups in total. The van der Waals surface area contributed by atoms with Gasteiger partial charge in [-0.1, -0.05) is 41.4 Å². The van der Waals surface area contributed by atoms with Crippen molar-refractivity contribution in [3.05, 3.63) is 80.5 Å². The summed E-state index contributed by atoms with van der Waals surface area (Å²) in [6.45, 7) is 0. The van der Waals surface area contributed by atoms with Gasteiger partial charge in [-0.2, -0.15) is 0 Å². The van der Waals surface area contributed by atoms with E-state index in [4.69, 9.17) is 23.2 Å². The van der Waals surface area contributed by atoms with Crippen LogP contribution in [0.1, 0.15) is 15.2 Å². The molecule has 0 aliphatic carbocycles. The highest BCUT2D eigenvalue weighted by Gasteiger charge is 2.10. The van der Waals surface area contributed by atoms with E-state index in [0.717, 1.165) is 0 Å². The molecule has 0 saturated heterocycles. The van der Waals surface area contributed by atoms with Crippen LogP contribution in [-0.4, -0.2) is 11.8 Å². The lowest BCUT2D eigenvalue weighted by atomic mass is 10.1. The van der Waals surface area contributed by atoms with Crippen molar-refractivity contribution in [3.8, 4) is 0 Å². The van der Waals surface area contributed by atoms with Gasteiger partial charge >= 0.3 is 0 Å². The van der Waals surface area contributed by atoms with E-state index in [0.29, 0.717) is 31.9 Å². The van der Waals surface area contributed by atoms with Gasteiger partial charge in [0.15, 0.2) is 0 Å². The lowest BCUT2D eigenvalue weighted by Gasteiger charge is -2.09. The van der Waals surface area contributed by atoms with Crippen LogP contribution in [0.15, 0.2) is 60.0 Å². The topological polar surface area (TPSA) is 58.2 Å². The Balaban J connectivity index is 1.64. The number of rotatable bonds is 5. The Morgan fingerprint density at radius 2 is 1.69 bits per heavy atom. The van der Waals surface area contributed by atoms with Gasteiger partial charge in [0.05, 0.1) is 11.3 Å². The fourth-order valence-corrected chi connectivity index (χ4v) is 3.41. The molecule has 0 spiro atoms. The highest BCUT2D eigenvalue weighted by Crippen LogP contribution is 2.22. The second-order valence-corrected chi connectivity index (χ2v) is 7.26. The van der Waals surface area contributed by atoms with Crippen molar-refractivity contribution in [2.24, 2.45) is 0 Å². The van der Waals surface area contributed by atoms with Crippen LogP contribution in [0.3, 0.4) is 0 Å². The molecule has 0 atom stereocenters. The second-order valence-electron chi connectivity index (χ2n) is 5.47. The Hall–Kier alpha value is -2.34. The Labute approximate surface area is 164 Å². The molecule has 3 rings (SSSR count). The van der Waals surface area contributed by atoms with Gasteiger partial charge in [0.25, 0.3) is 5.91 Å². The van der Waals surface area contributed by atoms with Crippen LogP contribution >= 0.6 is 34.5 Å². The van der Waals surface area contributed by atoms with E-state index >= 15 is 0 Å². The summed E-state index contributed by atoms with van der Waals surface area (Å²) in [7, 11) is 0. The summed E-state index contributed by atoms with van der Waals surface area (Å²) >= 11 is 13.3. The Morgan fingerprint density at radius 1 is 0.923 bits per heavy atom. The van der Waals surface area contributed by atoms with Gasteiger partial charge in [0.2, 0.25) is 5.91 Å². The number of halogens is 2. The van der Waals surface area contributed by atoms with Crippen LogP contribution in [0, 0.1) is 0 Å². The molecule has 1 heterocycles. The third-order valence-corrected chi connectivity index (χ3v) is 4.97. The molecule has 1 aromatic heterocycles. The van der Waals surface area contributed by atoms with Gasteiger partial charge < -0.3 is 10.6 Å². The first kappa shape index (κ1) is 18.5.